The molecule has 0 spiro atoms. The maximum atomic E-state index is 13.2. The van der Waals surface area contributed by atoms with E-state index in [0.717, 1.165) is 17.7 Å². The lowest BCUT2D eigenvalue weighted by Gasteiger charge is -2.31. The number of carbonyl (C=O) groups is 1. The van der Waals surface area contributed by atoms with Gasteiger partial charge < -0.3 is 14.8 Å². The number of ether oxygens (including phenoxy) is 2. The fourth-order valence-electron chi connectivity index (χ4n) is 3.86. The minimum absolute atomic E-state index is 0.0329. The molecule has 2 aromatic carbocycles. The Balaban J connectivity index is 1.56. The number of amides is 1. The standard InChI is InChI=1S/C24H31FN2O5S/c1-3-31-22-12-7-18(16-23(22)32-4-2)13-14-26-24(28)19-6-5-15-27(17-19)33(29,30)21-10-8-20(25)9-11-21/h7-12,16,19H,3-6,13-15,17H2,1-2H3,(H,26,28). The molecule has 1 heterocycles. The highest BCUT2D eigenvalue weighted by atomic mass is 32.2. The van der Waals surface area contributed by atoms with E-state index >= 15 is 0 Å². The predicted octanol–water partition coefficient (Wildman–Crippen LogP) is 3.38. The minimum atomic E-state index is -3.77. The number of benzene rings is 2. The van der Waals surface area contributed by atoms with Crippen molar-refractivity contribution in [2.24, 2.45) is 5.92 Å². The third-order valence-corrected chi connectivity index (χ3v) is 7.41. The normalized spacial score (nSPS) is 16.9. The summed E-state index contributed by atoms with van der Waals surface area (Å²) in [5.41, 5.74) is 1.01. The lowest BCUT2D eigenvalue weighted by atomic mass is 9.99. The van der Waals surface area contributed by atoms with Gasteiger partial charge in [-0.1, -0.05) is 6.07 Å². The van der Waals surface area contributed by atoms with Crippen molar-refractivity contribution in [3.05, 3.63) is 53.8 Å². The van der Waals surface area contributed by atoms with Gasteiger partial charge in [-0.15, -0.1) is 0 Å². The third kappa shape index (κ3) is 6.45. The number of halogens is 1. The Hall–Kier alpha value is -2.65. The summed E-state index contributed by atoms with van der Waals surface area (Å²) in [5, 5.41) is 2.93. The number of hydrogen-bond donors (Lipinski definition) is 1. The van der Waals surface area contributed by atoms with Gasteiger partial charge in [0.05, 0.1) is 24.0 Å². The van der Waals surface area contributed by atoms with Gasteiger partial charge in [-0.2, -0.15) is 4.31 Å². The van der Waals surface area contributed by atoms with Crippen molar-refractivity contribution < 1.29 is 27.1 Å². The van der Waals surface area contributed by atoms with Crippen LogP contribution in [0.2, 0.25) is 0 Å². The van der Waals surface area contributed by atoms with E-state index in [9.17, 15) is 17.6 Å². The van der Waals surface area contributed by atoms with Crippen molar-refractivity contribution in [3.8, 4) is 11.5 Å². The maximum absolute atomic E-state index is 13.2. The van der Waals surface area contributed by atoms with E-state index in [1.165, 1.54) is 16.4 Å². The molecular formula is C24H31FN2O5S. The van der Waals surface area contributed by atoms with Crippen molar-refractivity contribution in [1.82, 2.24) is 9.62 Å². The largest absolute Gasteiger partial charge is 0.490 e. The van der Waals surface area contributed by atoms with Crippen LogP contribution in [0, 0.1) is 11.7 Å². The number of hydrogen-bond acceptors (Lipinski definition) is 5. The first-order valence-corrected chi connectivity index (χ1v) is 12.7. The lowest BCUT2D eigenvalue weighted by Crippen LogP contribution is -2.45. The van der Waals surface area contributed by atoms with Gasteiger partial charge >= 0.3 is 0 Å². The molecule has 1 aliphatic rings. The number of carbonyl (C=O) groups excluding carboxylic acids is 1. The van der Waals surface area contributed by atoms with E-state index in [1.54, 1.807) is 0 Å². The van der Waals surface area contributed by atoms with Gasteiger partial charge in [-0.25, -0.2) is 12.8 Å². The average Bonchev–Trinajstić information content (AvgIpc) is 2.81. The Morgan fingerprint density at radius 2 is 1.79 bits per heavy atom. The van der Waals surface area contributed by atoms with Crippen LogP contribution in [0.5, 0.6) is 11.5 Å². The molecule has 1 amide bonds. The zero-order valence-electron chi connectivity index (χ0n) is 19.1. The first kappa shape index (κ1) is 25.0. The SMILES string of the molecule is CCOc1ccc(CCNC(=O)C2CCCN(S(=O)(=O)c3ccc(F)cc3)C2)cc1OCC. The number of nitrogens with zero attached hydrogens (tertiary/aromatic N) is 1. The second-order valence-electron chi connectivity index (χ2n) is 7.84. The van der Waals surface area contributed by atoms with Gasteiger partial charge in [-0.05, 0) is 75.1 Å². The summed E-state index contributed by atoms with van der Waals surface area (Å²) >= 11 is 0. The van der Waals surface area contributed by atoms with E-state index in [1.807, 2.05) is 32.0 Å². The summed E-state index contributed by atoms with van der Waals surface area (Å²) in [6.45, 7) is 5.78. The smallest absolute Gasteiger partial charge is 0.243 e. The molecule has 1 unspecified atom stereocenters. The molecule has 2 aromatic rings. The lowest BCUT2D eigenvalue weighted by molar-refractivity contribution is -0.126. The van der Waals surface area contributed by atoms with Gasteiger partial charge in [0.2, 0.25) is 15.9 Å². The molecule has 1 saturated heterocycles. The van der Waals surface area contributed by atoms with E-state index in [4.69, 9.17) is 9.47 Å². The van der Waals surface area contributed by atoms with Crippen LogP contribution < -0.4 is 14.8 Å². The molecule has 1 aliphatic heterocycles. The minimum Gasteiger partial charge on any atom is -0.490 e. The van der Waals surface area contributed by atoms with Gasteiger partial charge in [0, 0.05) is 19.6 Å². The van der Waals surface area contributed by atoms with Gasteiger partial charge in [0.1, 0.15) is 5.82 Å². The number of sulfonamides is 1. The molecule has 0 aromatic heterocycles. The van der Waals surface area contributed by atoms with Crippen molar-refractivity contribution in [1.29, 1.82) is 0 Å². The Morgan fingerprint density at radius 3 is 2.48 bits per heavy atom. The number of nitrogens with one attached hydrogen (secondary N) is 1. The fraction of sp³-hybridized carbons (Fsp3) is 0.458. The van der Waals surface area contributed by atoms with Crippen molar-refractivity contribution in [3.63, 3.8) is 0 Å². The Kier molecular flexibility index (Phi) is 8.68. The fourth-order valence-corrected chi connectivity index (χ4v) is 5.38. The molecule has 0 saturated carbocycles. The van der Waals surface area contributed by atoms with Crippen LogP contribution in [-0.2, 0) is 21.2 Å². The Bertz CT molecular complexity index is 1040. The highest BCUT2D eigenvalue weighted by Crippen LogP contribution is 2.29. The molecule has 33 heavy (non-hydrogen) atoms. The molecule has 9 heteroatoms. The summed E-state index contributed by atoms with van der Waals surface area (Å²) in [4.78, 5) is 12.8. The topological polar surface area (TPSA) is 84.9 Å². The average molecular weight is 479 g/mol. The highest BCUT2D eigenvalue weighted by molar-refractivity contribution is 7.89. The van der Waals surface area contributed by atoms with E-state index in [0.29, 0.717) is 57.1 Å². The van der Waals surface area contributed by atoms with Crippen molar-refractivity contribution in [2.75, 3.05) is 32.8 Å². The van der Waals surface area contributed by atoms with Crippen LogP contribution in [0.15, 0.2) is 47.4 Å². The molecule has 1 fully saturated rings. The van der Waals surface area contributed by atoms with Crippen LogP contribution in [0.3, 0.4) is 0 Å². The summed E-state index contributed by atoms with van der Waals surface area (Å²) in [5.74, 6) is 0.290. The van der Waals surface area contributed by atoms with Crippen LogP contribution in [-0.4, -0.2) is 51.5 Å². The first-order chi connectivity index (χ1) is 15.8. The molecule has 3 rings (SSSR count). The first-order valence-electron chi connectivity index (χ1n) is 11.3. The van der Waals surface area contributed by atoms with Crippen LogP contribution in [0.4, 0.5) is 4.39 Å². The van der Waals surface area contributed by atoms with Crippen molar-refractivity contribution >= 4 is 15.9 Å². The summed E-state index contributed by atoms with van der Waals surface area (Å²) in [7, 11) is -3.77. The molecule has 1 N–H and O–H groups in total. The second-order valence-corrected chi connectivity index (χ2v) is 9.78. The second kappa shape index (κ2) is 11.5. The van der Waals surface area contributed by atoms with Crippen LogP contribution in [0.25, 0.3) is 0 Å². The number of rotatable bonds is 10. The number of piperidine rings is 1. The molecule has 180 valence electrons. The van der Waals surface area contributed by atoms with Crippen molar-refractivity contribution in [2.45, 2.75) is 38.0 Å². The molecule has 0 radical (unpaired) electrons. The van der Waals surface area contributed by atoms with Gasteiger partial charge in [-0.3, -0.25) is 4.79 Å². The molecule has 1 atom stereocenters. The summed E-state index contributed by atoms with van der Waals surface area (Å²) in [6, 6.07) is 10.5. The monoisotopic (exact) mass is 478 g/mol. The van der Waals surface area contributed by atoms with Gasteiger partial charge in [0.15, 0.2) is 11.5 Å². The van der Waals surface area contributed by atoms with Crippen LogP contribution >= 0.6 is 0 Å². The predicted molar refractivity (Wildman–Crippen MR) is 123 cm³/mol. The van der Waals surface area contributed by atoms with E-state index in [2.05, 4.69) is 5.32 Å². The zero-order chi connectivity index (χ0) is 23.8. The zero-order valence-corrected chi connectivity index (χ0v) is 19.9. The maximum Gasteiger partial charge on any atom is 0.243 e. The summed E-state index contributed by atoms with van der Waals surface area (Å²) in [6.07, 6.45) is 1.83. The van der Waals surface area contributed by atoms with E-state index in [-0.39, 0.29) is 17.3 Å². The Morgan fingerprint density at radius 1 is 1.09 bits per heavy atom. The Labute approximate surface area is 194 Å². The molecular weight excluding hydrogens is 447 g/mol. The summed E-state index contributed by atoms with van der Waals surface area (Å²) < 4.78 is 51.4. The quantitative estimate of drug-likeness (QED) is 0.566. The molecule has 0 bridgehead atoms. The third-order valence-electron chi connectivity index (χ3n) is 5.53. The highest BCUT2D eigenvalue weighted by Gasteiger charge is 2.33. The molecule has 0 aliphatic carbocycles. The van der Waals surface area contributed by atoms with Gasteiger partial charge in [0.25, 0.3) is 0 Å². The van der Waals surface area contributed by atoms with Crippen LogP contribution in [0.1, 0.15) is 32.3 Å². The van der Waals surface area contributed by atoms with E-state index < -0.39 is 21.8 Å². The molecule has 7 nitrogen and oxygen atoms in total.